The van der Waals surface area contributed by atoms with Crippen molar-refractivity contribution in [2.24, 2.45) is 0 Å². The normalized spacial score (nSPS) is 15.0. The van der Waals surface area contributed by atoms with E-state index in [4.69, 9.17) is 21.3 Å². The summed E-state index contributed by atoms with van der Waals surface area (Å²) in [5.41, 5.74) is -0.885. The highest BCUT2D eigenvalue weighted by atomic mass is 35.5. The van der Waals surface area contributed by atoms with Crippen LogP contribution < -0.4 is 4.90 Å². The number of fused-ring (bicyclic) bond motifs is 1. The van der Waals surface area contributed by atoms with Gasteiger partial charge in [-0.15, -0.1) is 0 Å². The Hall–Kier alpha value is -3.85. The van der Waals surface area contributed by atoms with Crippen molar-refractivity contribution in [3.05, 3.63) is 82.6 Å². The van der Waals surface area contributed by atoms with Crippen LogP contribution in [0, 0.1) is 17.5 Å². The Balaban J connectivity index is 1.80. The molecule has 0 radical (unpaired) electrons. The largest absolute Gasteiger partial charge is 0.468 e. The molecule has 1 aliphatic carbocycles. The molecule has 0 N–H and O–H groups in total. The van der Waals surface area contributed by atoms with Crippen LogP contribution >= 0.6 is 11.6 Å². The van der Waals surface area contributed by atoms with Crippen LogP contribution in [-0.4, -0.2) is 28.5 Å². The van der Waals surface area contributed by atoms with Crippen LogP contribution in [0.3, 0.4) is 0 Å². The van der Waals surface area contributed by atoms with Gasteiger partial charge in [0, 0.05) is 29.6 Å². The number of imidazole rings is 1. The number of nitrogens with zero attached hydrogens (tertiary/aromatic N) is 3. The quantitative estimate of drug-likeness (QED) is 0.212. The van der Waals surface area contributed by atoms with E-state index in [-0.39, 0.29) is 16.7 Å². The number of carbonyl (C=O) groups is 2. The summed E-state index contributed by atoms with van der Waals surface area (Å²) >= 11 is 6.15. The summed E-state index contributed by atoms with van der Waals surface area (Å²) < 4.78 is 52.0. The van der Waals surface area contributed by atoms with Crippen molar-refractivity contribution in [1.29, 1.82) is 0 Å². The van der Waals surface area contributed by atoms with Crippen LogP contribution in [0.2, 0.25) is 5.02 Å². The number of ether oxygens (including phenoxy) is 1. The number of carbonyl (C=O) groups excluding carboxylic acids is 2. The molecular weight excluding hydrogens is 567 g/mol. The van der Waals surface area contributed by atoms with Gasteiger partial charge in [0.2, 0.25) is 5.91 Å². The van der Waals surface area contributed by atoms with Gasteiger partial charge < -0.3 is 4.74 Å². The standard InChI is InChI=1S/C32H31ClF3N3O3/c1-19(40)38(27-13-10-21(16-25(27)36)31(2,3)30(41)42-4)32(14-6-5-7-15-32)39-28-18-24(35)23(34)17-26(28)37-29(39)20-8-11-22(33)12-9-20/h8-13,16-18H,5-7,14-15H2,1-4H3. The second kappa shape index (κ2) is 11.1. The van der Waals surface area contributed by atoms with Crippen LogP contribution in [0.1, 0.15) is 58.4 Å². The average molecular weight is 598 g/mol. The van der Waals surface area contributed by atoms with Crippen LogP contribution in [0.4, 0.5) is 18.9 Å². The Kier molecular flexibility index (Phi) is 7.83. The maximum Gasteiger partial charge on any atom is 0.315 e. The molecule has 0 unspecified atom stereocenters. The highest BCUT2D eigenvalue weighted by Crippen LogP contribution is 2.46. The summed E-state index contributed by atoms with van der Waals surface area (Å²) in [4.78, 5) is 32.1. The van der Waals surface area contributed by atoms with E-state index in [0.29, 0.717) is 47.7 Å². The topological polar surface area (TPSA) is 64.4 Å². The molecule has 0 spiro atoms. The van der Waals surface area contributed by atoms with Crippen molar-refractivity contribution >= 4 is 40.2 Å². The number of esters is 1. The molecule has 1 saturated carbocycles. The molecular formula is C32H31ClF3N3O3. The van der Waals surface area contributed by atoms with Crippen LogP contribution in [0.15, 0.2) is 54.6 Å². The molecule has 0 atom stereocenters. The molecule has 3 aromatic carbocycles. The number of halogens is 4. The van der Waals surface area contributed by atoms with E-state index in [1.165, 1.54) is 31.1 Å². The lowest BCUT2D eigenvalue weighted by molar-refractivity contribution is -0.146. The Morgan fingerprint density at radius 2 is 1.60 bits per heavy atom. The number of anilines is 1. The predicted molar refractivity (Wildman–Crippen MR) is 156 cm³/mol. The van der Waals surface area contributed by atoms with E-state index in [1.54, 1.807) is 48.7 Å². The molecule has 5 rings (SSSR count). The second-order valence-corrected chi connectivity index (χ2v) is 11.6. The maximum atomic E-state index is 16.1. The fourth-order valence-corrected chi connectivity index (χ4v) is 6.21. The fourth-order valence-electron chi connectivity index (χ4n) is 6.09. The molecule has 1 fully saturated rings. The van der Waals surface area contributed by atoms with E-state index >= 15 is 4.39 Å². The lowest BCUT2D eigenvalue weighted by Gasteiger charge is -2.48. The first kappa shape index (κ1) is 29.6. The number of methoxy groups -OCH3 is 1. The Labute approximate surface area is 247 Å². The molecule has 0 aliphatic heterocycles. The summed E-state index contributed by atoms with van der Waals surface area (Å²) in [6.45, 7) is 4.61. The first-order valence-electron chi connectivity index (χ1n) is 13.7. The van der Waals surface area contributed by atoms with Gasteiger partial charge in [-0.25, -0.2) is 18.2 Å². The summed E-state index contributed by atoms with van der Waals surface area (Å²) in [6.07, 6.45) is 3.09. The minimum atomic E-state index is -1.21. The zero-order chi connectivity index (χ0) is 30.4. The van der Waals surface area contributed by atoms with Crippen molar-refractivity contribution in [2.45, 2.75) is 64.0 Å². The highest BCUT2D eigenvalue weighted by Gasteiger charge is 2.46. The SMILES string of the molecule is COC(=O)C(C)(C)c1ccc(N(C(C)=O)C2(n3c(-c4ccc(Cl)cc4)nc4cc(F)c(F)cc43)CCCCC2)c(F)c1. The number of rotatable bonds is 6. The van der Waals surface area contributed by atoms with E-state index in [2.05, 4.69) is 0 Å². The minimum absolute atomic E-state index is 0.000283. The molecule has 1 aliphatic rings. The molecule has 4 aromatic rings. The third-order valence-electron chi connectivity index (χ3n) is 8.21. The molecule has 10 heteroatoms. The summed E-state index contributed by atoms with van der Waals surface area (Å²) in [6, 6.07) is 13.3. The van der Waals surface area contributed by atoms with Crippen molar-refractivity contribution in [2.75, 3.05) is 12.0 Å². The van der Waals surface area contributed by atoms with E-state index in [0.717, 1.165) is 18.6 Å². The summed E-state index contributed by atoms with van der Waals surface area (Å²) in [5, 5.41) is 0.494. The van der Waals surface area contributed by atoms with Crippen molar-refractivity contribution in [3.8, 4) is 11.4 Å². The van der Waals surface area contributed by atoms with Gasteiger partial charge in [-0.2, -0.15) is 0 Å². The first-order chi connectivity index (χ1) is 19.9. The predicted octanol–water partition coefficient (Wildman–Crippen LogP) is 7.89. The molecule has 42 heavy (non-hydrogen) atoms. The lowest BCUT2D eigenvalue weighted by atomic mass is 9.83. The summed E-state index contributed by atoms with van der Waals surface area (Å²) in [7, 11) is 1.27. The van der Waals surface area contributed by atoms with Crippen LogP contribution in [-0.2, 0) is 25.4 Å². The van der Waals surface area contributed by atoms with Gasteiger partial charge in [0.25, 0.3) is 0 Å². The second-order valence-electron chi connectivity index (χ2n) is 11.2. The van der Waals surface area contributed by atoms with Crippen molar-refractivity contribution < 1.29 is 27.5 Å². The van der Waals surface area contributed by atoms with E-state index < -0.39 is 40.4 Å². The molecule has 220 valence electrons. The number of benzene rings is 3. The van der Waals surface area contributed by atoms with Crippen LogP contribution in [0.25, 0.3) is 22.4 Å². The van der Waals surface area contributed by atoms with Crippen molar-refractivity contribution in [3.63, 3.8) is 0 Å². The van der Waals surface area contributed by atoms with Gasteiger partial charge in [0.15, 0.2) is 11.6 Å². The maximum absolute atomic E-state index is 16.1. The monoisotopic (exact) mass is 597 g/mol. The third kappa shape index (κ3) is 4.93. The Bertz CT molecular complexity index is 1680. The lowest BCUT2D eigenvalue weighted by Crippen LogP contribution is -2.55. The smallest absolute Gasteiger partial charge is 0.315 e. The molecule has 1 amide bonds. The zero-order valence-electron chi connectivity index (χ0n) is 23.8. The highest BCUT2D eigenvalue weighted by molar-refractivity contribution is 6.30. The Morgan fingerprint density at radius 3 is 2.19 bits per heavy atom. The van der Waals surface area contributed by atoms with Crippen LogP contribution in [0.5, 0.6) is 0 Å². The molecule has 6 nitrogen and oxygen atoms in total. The first-order valence-corrected chi connectivity index (χ1v) is 14.1. The number of amides is 1. The molecule has 0 saturated heterocycles. The van der Waals surface area contributed by atoms with Gasteiger partial charge >= 0.3 is 5.97 Å². The molecule has 1 aromatic heterocycles. The van der Waals surface area contributed by atoms with Gasteiger partial charge in [-0.1, -0.05) is 24.1 Å². The van der Waals surface area contributed by atoms with Gasteiger partial charge in [-0.05, 0) is 81.5 Å². The third-order valence-corrected chi connectivity index (χ3v) is 8.46. The zero-order valence-corrected chi connectivity index (χ0v) is 24.6. The Morgan fingerprint density at radius 1 is 0.952 bits per heavy atom. The van der Waals surface area contributed by atoms with Crippen molar-refractivity contribution in [1.82, 2.24) is 9.55 Å². The average Bonchev–Trinajstić information content (AvgIpc) is 3.32. The number of hydrogen-bond acceptors (Lipinski definition) is 4. The summed E-state index contributed by atoms with van der Waals surface area (Å²) in [5.74, 6) is -3.43. The van der Waals surface area contributed by atoms with E-state index in [9.17, 15) is 18.4 Å². The molecule has 0 bridgehead atoms. The van der Waals surface area contributed by atoms with E-state index in [1.807, 2.05) is 0 Å². The van der Waals surface area contributed by atoms with Gasteiger partial charge in [0.05, 0.1) is 29.2 Å². The minimum Gasteiger partial charge on any atom is -0.468 e. The molecule has 1 heterocycles. The number of hydrogen-bond donors (Lipinski definition) is 0. The van der Waals surface area contributed by atoms with Gasteiger partial charge in [-0.3, -0.25) is 19.1 Å². The van der Waals surface area contributed by atoms with Gasteiger partial charge in [0.1, 0.15) is 17.3 Å². The fraction of sp³-hybridized carbons (Fsp3) is 0.344. The number of aromatic nitrogens is 2.